The zero-order valence-corrected chi connectivity index (χ0v) is 15.3. The van der Waals surface area contributed by atoms with Crippen molar-refractivity contribution in [2.75, 3.05) is 0 Å². The quantitative estimate of drug-likeness (QED) is 0.526. The largest absolute Gasteiger partial charge is 0.280 e. The van der Waals surface area contributed by atoms with E-state index in [-0.39, 0.29) is 16.2 Å². The van der Waals surface area contributed by atoms with E-state index >= 15 is 0 Å². The van der Waals surface area contributed by atoms with Crippen LogP contribution in [-0.4, -0.2) is 9.38 Å². The molecule has 0 bridgehead atoms. The molecule has 2 aromatic heterocycles. The number of nitriles is 1. The maximum Gasteiger partial charge on any atom is 0.280 e. The number of aromatic nitrogens is 2. The Balaban J connectivity index is 2.02. The van der Waals surface area contributed by atoms with Crippen LogP contribution >= 0.6 is 22.9 Å². The molecule has 5 nitrogen and oxygen atoms in total. The van der Waals surface area contributed by atoms with E-state index in [9.17, 15) is 14.9 Å². The van der Waals surface area contributed by atoms with Gasteiger partial charge in [0.1, 0.15) is 11.6 Å². The average Bonchev–Trinajstić information content (AvgIpc) is 3.00. The molecule has 7 heteroatoms. The average molecular weight is 392 g/mol. The summed E-state index contributed by atoms with van der Waals surface area (Å²) in [4.78, 5) is 30.1. The predicted octanol–water partition coefficient (Wildman–Crippen LogP) is 2.86. The van der Waals surface area contributed by atoms with Crippen LogP contribution in [0.15, 0.2) is 64.2 Å². The Hall–Kier alpha value is -3.27. The van der Waals surface area contributed by atoms with E-state index in [4.69, 9.17) is 11.6 Å². The smallest absolute Gasteiger partial charge is 0.267 e. The van der Waals surface area contributed by atoms with Crippen LogP contribution < -0.4 is 15.7 Å². The molecule has 0 amide bonds. The maximum absolute atomic E-state index is 12.8. The van der Waals surface area contributed by atoms with Crippen molar-refractivity contribution in [3.05, 3.63) is 96.0 Å². The van der Waals surface area contributed by atoms with E-state index in [2.05, 4.69) is 4.98 Å². The van der Waals surface area contributed by atoms with Gasteiger partial charge in [-0.15, -0.1) is 0 Å². The van der Waals surface area contributed by atoms with Crippen LogP contribution in [-0.2, 0) is 0 Å². The highest BCUT2D eigenvalue weighted by atomic mass is 35.5. The Kier molecular flexibility index (Phi) is 4.32. The fraction of sp³-hybridized carbons (Fsp3) is 0. The molecule has 0 saturated heterocycles. The van der Waals surface area contributed by atoms with Crippen molar-refractivity contribution < 1.29 is 0 Å². The van der Waals surface area contributed by atoms with Gasteiger partial charge in [0.2, 0.25) is 4.96 Å². The van der Waals surface area contributed by atoms with Crippen molar-refractivity contribution in [1.82, 2.24) is 9.38 Å². The number of benzene rings is 2. The Morgan fingerprint density at radius 3 is 2.41 bits per heavy atom. The molecule has 0 aliphatic heterocycles. The second-order valence-corrected chi connectivity index (χ2v) is 7.15. The first-order valence-corrected chi connectivity index (χ1v) is 9.10. The molecular formula is C20H10ClN3O2S. The first-order chi connectivity index (χ1) is 13.1. The minimum atomic E-state index is -0.654. The third-order valence-corrected chi connectivity index (χ3v) is 5.22. The lowest BCUT2D eigenvalue weighted by Gasteiger charge is -2.02. The Labute approximate surface area is 162 Å². The summed E-state index contributed by atoms with van der Waals surface area (Å²) >= 11 is 6.99. The second-order valence-electron chi connectivity index (χ2n) is 5.70. The van der Waals surface area contributed by atoms with Gasteiger partial charge in [0.05, 0.1) is 10.2 Å². The highest BCUT2D eigenvalue weighted by Crippen LogP contribution is 2.19. The third-order valence-electron chi connectivity index (χ3n) is 3.99. The highest BCUT2D eigenvalue weighted by Gasteiger charge is 2.17. The predicted molar refractivity (Wildman–Crippen MR) is 106 cm³/mol. The molecule has 0 aliphatic rings. The molecule has 0 N–H and O–H groups in total. The molecule has 2 heterocycles. The normalized spacial score (nSPS) is 11.6. The molecule has 0 spiro atoms. The molecule has 0 unspecified atom stereocenters. The van der Waals surface area contributed by atoms with Gasteiger partial charge in [0.15, 0.2) is 0 Å². The molecule has 0 radical (unpaired) electrons. The van der Waals surface area contributed by atoms with Gasteiger partial charge in [-0.3, -0.25) is 9.59 Å². The number of thiazole rings is 1. The molecule has 4 rings (SSSR count). The summed E-state index contributed by atoms with van der Waals surface area (Å²) in [6.45, 7) is 0. The highest BCUT2D eigenvalue weighted by molar-refractivity contribution is 7.15. The minimum Gasteiger partial charge on any atom is -0.267 e. The molecular weight excluding hydrogens is 382 g/mol. The van der Waals surface area contributed by atoms with E-state index in [1.165, 1.54) is 0 Å². The zero-order chi connectivity index (χ0) is 19.0. The van der Waals surface area contributed by atoms with Crippen LogP contribution in [0.3, 0.4) is 0 Å². The van der Waals surface area contributed by atoms with E-state index in [0.29, 0.717) is 15.1 Å². The van der Waals surface area contributed by atoms with Crippen LogP contribution in [0.2, 0.25) is 5.02 Å². The summed E-state index contributed by atoms with van der Waals surface area (Å²) < 4.78 is 1.31. The molecule has 2 aromatic carbocycles. The van der Waals surface area contributed by atoms with Gasteiger partial charge < -0.3 is 0 Å². The molecule has 0 atom stereocenters. The lowest BCUT2D eigenvalue weighted by molar-refractivity contribution is 1.02. The zero-order valence-electron chi connectivity index (χ0n) is 13.7. The first kappa shape index (κ1) is 17.2. The third kappa shape index (κ3) is 3.04. The summed E-state index contributed by atoms with van der Waals surface area (Å²) in [5.74, 6) is 0. The number of hydrogen-bond acceptors (Lipinski definition) is 5. The molecule has 0 fully saturated rings. The van der Waals surface area contributed by atoms with Crippen molar-refractivity contribution in [3.63, 3.8) is 0 Å². The summed E-state index contributed by atoms with van der Waals surface area (Å²) in [6, 6.07) is 17.9. The first-order valence-electron chi connectivity index (χ1n) is 7.91. The fourth-order valence-electron chi connectivity index (χ4n) is 2.71. The number of hydrogen-bond donors (Lipinski definition) is 0. The van der Waals surface area contributed by atoms with Crippen molar-refractivity contribution in [3.8, 4) is 17.3 Å². The maximum atomic E-state index is 12.8. The molecule has 27 heavy (non-hydrogen) atoms. The standard InChI is InChI=1S/C20H10ClN3O2S/c21-14-8-6-12(7-9-14)10-16-19(26)24-18(25)15(11-22)17(23-20(24)27-16)13-4-2-1-3-5-13/h1-10H/b16-10+. The Morgan fingerprint density at radius 1 is 1.04 bits per heavy atom. The number of fused-ring (bicyclic) bond motifs is 1. The Bertz CT molecular complexity index is 1370. The van der Waals surface area contributed by atoms with E-state index in [0.717, 1.165) is 21.3 Å². The molecule has 0 aliphatic carbocycles. The summed E-state index contributed by atoms with van der Waals surface area (Å²) in [7, 11) is 0. The summed E-state index contributed by atoms with van der Waals surface area (Å²) in [5.41, 5.74) is 0.420. The van der Waals surface area contributed by atoms with Gasteiger partial charge in [0, 0.05) is 10.6 Å². The summed E-state index contributed by atoms with van der Waals surface area (Å²) in [5, 5.41) is 10.0. The Morgan fingerprint density at radius 2 is 1.74 bits per heavy atom. The van der Waals surface area contributed by atoms with Crippen LogP contribution in [0, 0.1) is 11.3 Å². The SMILES string of the molecule is N#Cc1c(-c2ccccc2)nc2s/c(=C/c3ccc(Cl)cc3)c(=O)n2c1=O. The monoisotopic (exact) mass is 391 g/mol. The van der Waals surface area contributed by atoms with Gasteiger partial charge in [0.25, 0.3) is 11.1 Å². The second kappa shape index (κ2) is 6.80. The van der Waals surface area contributed by atoms with Crippen LogP contribution in [0.25, 0.3) is 22.3 Å². The lowest BCUT2D eigenvalue weighted by atomic mass is 10.1. The van der Waals surface area contributed by atoms with Crippen molar-refractivity contribution in [2.45, 2.75) is 0 Å². The van der Waals surface area contributed by atoms with Crippen LogP contribution in [0.5, 0.6) is 0 Å². The van der Waals surface area contributed by atoms with E-state index in [1.54, 1.807) is 54.6 Å². The van der Waals surface area contributed by atoms with Gasteiger partial charge in [-0.05, 0) is 23.8 Å². The van der Waals surface area contributed by atoms with Crippen molar-refractivity contribution in [1.29, 1.82) is 5.26 Å². The minimum absolute atomic E-state index is 0.147. The van der Waals surface area contributed by atoms with E-state index in [1.807, 2.05) is 12.1 Å². The van der Waals surface area contributed by atoms with E-state index < -0.39 is 11.1 Å². The fourth-order valence-corrected chi connectivity index (χ4v) is 3.80. The van der Waals surface area contributed by atoms with Gasteiger partial charge >= 0.3 is 0 Å². The number of nitrogens with zero attached hydrogens (tertiary/aromatic N) is 3. The topological polar surface area (TPSA) is 75.2 Å². The number of rotatable bonds is 2. The van der Waals surface area contributed by atoms with Gasteiger partial charge in [-0.2, -0.15) is 5.26 Å². The molecule has 4 aromatic rings. The number of halogens is 1. The van der Waals surface area contributed by atoms with Gasteiger partial charge in [-0.25, -0.2) is 9.38 Å². The van der Waals surface area contributed by atoms with Crippen LogP contribution in [0.1, 0.15) is 11.1 Å². The molecule has 130 valence electrons. The van der Waals surface area contributed by atoms with Crippen LogP contribution in [0.4, 0.5) is 0 Å². The van der Waals surface area contributed by atoms with Crippen molar-refractivity contribution in [2.24, 2.45) is 0 Å². The molecule has 0 saturated carbocycles. The van der Waals surface area contributed by atoms with Gasteiger partial charge in [-0.1, -0.05) is 65.4 Å². The lowest BCUT2D eigenvalue weighted by Crippen LogP contribution is -2.32. The summed E-state index contributed by atoms with van der Waals surface area (Å²) in [6.07, 6.45) is 1.67. The van der Waals surface area contributed by atoms with Crippen molar-refractivity contribution >= 4 is 34.0 Å².